The van der Waals surface area contributed by atoms with Crippen LogP contribution in [0.2, 0.25) is 0 Å². The molecule has 6 aromatic rings. The minimum Gasteiger partial charge on any atom is -0.496 e. The lowest BCUT2D eigenvalue weighted by Crippen LogP contribution is -2.02. The zero-order valence-corrected chi connectivity index (χ0v) is 27.5. The van der Waals surface area contributed by atoms with Gasteiger partial charge in [-0.05, 0) is 48.5 Å². The number of methoxy groups -OCH3 is 2. The van der Waals surface area contributed by atoms with Crippen LogP contribution in [0.25, 0.3) is 11.1 Å². The molecule has 0 radical (unpaired) electrons. The Labute approximate surface area is 290 Å². The van der Waals surface area contributed by atoms with Crippen LogP contribution in [-0.2, 0) is 0 Å². The van der Waals surface area contributed by atoms with Gasteiger partial charge in [0.05, 0.1) is 37.0 Å². The maximum Gasteiger partial charge on any atom is 0.201 e. The molecule has 246 valence electrons. The Bertz CT molecular complexity index is 1970. The van der Waals surface area contributed by atoms with E-state index >= 15 is 0 Å². The SMILES string of the molecule is COc1cc(N/N=C(\N=Nc2ccccc2)c2ccccc2)ccc1-c1ccc(N/N=C(\N=Nc2ccccc2)c2ccccc2)cc1OC. The summed E-state index contributed by atoms with van der Waals surface area (Å²) in [7, 11) is 3.25. The van der Waals surface area contributed by atoms with Gasteiger partial charge in [-0.15, -0.1) is 20.5 Å². The molecule has 0 atom stereocenters. The van der Waals surface area contributed by atoms with Crippen molar-refractivity contribution in [3.8, 4) is 22.6 Å². The van der Waals surface area contributed by atoms with Gasteiger partial charge in [0.25, 0.3) is 0 Å². The van der Waals surface area contributed by atoms with E-state index in [9.17, 15) is 0 Å². The van der Waals surface area contributed by atoms with E-state index in [1.165, 1.54) is 0 Å². The summed E-state index contributed by atoms with van der Waals surface area (Å²) in [6, 6.07) is 49.9. The molecule has 10 heteroatoms. The number of hydrogen-bond donors (Lipinski definition) is 2. The molecule has 0 saturated heterocycles. The van der Waals surface area contributed by atoms with Crippen molar-refractivity contribution in [3.05, 3.63) is 169 Å². The summed E-state index contributed by atoms with van der Waals surface area (Å²) in [5, 5.41) is 26.7. The fourth-order valence-corrected chi connectivity index (χ4v) is 4.86. The number of amidine groups is 2. The molecule has 0 aromatic heterocycles. The zero-order chi connectivity index (χ0) is 34.4. The topological polar surface area (TPSA) is 117 Å². The van der Waals surface area contributed by atoms with Crippen molar-refractivity contribution in [3.63, 3.8) is 0 Å². The number of hydrogen-bond acceptors (Lipinski definition) is 8. The third-order valence-electron chi connectivity index (χ3n) is 7.37. The highest BCUT2D eigenvalue weighted by molar-refractivity contribution is 6.00. The number of anilines is 2. The Kier molecular flexibility index (Phi) is 11.0. The largest absolute Gasteiger partial charge is 0.496 e. The van der Waals surface area contributed by atoms with Crippen LogP contribution in [0.1, 0.15) is 11.1 Å². The Morgan fingerprint density at radius 2 is 0.800 bits per heavy atom. The predicted molar refractivity (Wildman–Crippen MR) is 200 cm³/mol. The molecule has 0 spiro atoms. The smallest absolute Gasteiger partial charge is 0.201 e. The first-order valence-corrected chi connectivity index (χ1v) is 15.8. The van der Waals surface area contributed by atoms with E-state index in [-0.39, 0.29) is 0 Å². The van der Waals surface area contributed by atoms with E-state index in [0.717, 1.165) is 33.6 Å². The van der Waals surface area contributed by atoms with Gasteiger partial charge < -0.3 is 9.47 Å². The molecule has 6 aromatic carbocycles. The fraction of sp³-hybridized carbons (Fsp3) is 0.0500. The second-order valence-electron chi connectivity index (χ2n) is 10.7. The number of hydrazone groups is 2. The third-order valence-corrected chi connectivity index (χ3v) is 7.37. The molecule has 0 heterocycles. The summed E-state index contributed by atoms with van der Waals surface area (Å²) in [6.07, 6.45) is 0. The van der Waals surface area contributed by atoms with Gasteiger partial charge in [0, 0.05) is 34.4 Å². The number of ether oxygens (including phenoxy) is 2. The summed E-state index contributed by atoms with van der Waals surface area (Å²) < 4.78 is 11.6. The van der Waals surface area contributed by atoms with Crippen molar-refractivity contribution >= 4 is 34.4 Å². The molecular weight excluding hydrogens is 624 g/mol. The fourth-order valence-electron chi connectivity index (χ4n) is 4.86. The monoisotopic (exact) mass is 658 g/mol. The molecule has 0 fully saturated rings. The van der Waals surface area contributed by atoms with Crippen molar-refractivity contribution in [1.82, 2.24) is 0 Å². The number of nitrogens with one attached hydrogen (secondary N) is 2. The highest BCUT2D eigenvalue weighted by Crippen LogP contribution is 2.39. The predicted octanol–water partition coefficient (Wildman–Crippen LogP) is 10.5. The quantitative estimate of drug-likeness (QED) is 0.0623. The molecular formula is C40H34N8O2. The van der Waals surface area contributed by atoms with Gasteiger partial charge in [-0.3, -0.25) is 10.9 Å². The van der Waals surface area contributed by atoms with Gasteiger partial charge in [-0.2, -0.15) is 10.2 Å². The van der Waals surface area contributed by atoms with Crippen molar-refractivity contribution in [2.75, 3.05) is 25.1 Å². The molecule has 50 heavy (non-hydrogen) atoms. The number of nitrogens with zero attached hydrogens (tertiary/aromatic N) is 6. The standard InChI is InChI=1S/C40H34N8O2/c1-49-37-27-33(43-47-39(29-15-7-3-8-16-29)45-41-31-19-11-5-12-20-31)23-25-35(37)36-26-24-34(28-38(36)50-2)44-48-40(30-17-9-4-10-18-30)46-42-32-21-13-6-14-22-32/h3-28,43-44H,1-2H3/b45-41?,46-42?,47-39-,48-40-. The van der Waals surface area contributed by atoms with Crippen LogP contribution < -0.4 is 20.3 Å². The first kappa shape index (κ1) is 33.0. The van der Waals surface area contributed by atoms with Crippen LogP contribution in [0.3, 0.4) is 0 Å². The van der Waals surface area contributed by atoms with Crippen molar-refractivity contribution in [2.45, 2.75) is 0 Å². The Hall–Kier alpha value is -6.94. The molecule has 10 nitrogen and oxygen atoms in total. The van der Waals surface area contributed by atoms with E-state index in [1.54, 1.807) is 14.2 Å². The molecule has 0 amide bonds. The van der Waals surface area contributed by atoms with Gasteiger partial charge in [0.1, 0.15) is 11.5 Å². The van der Waals surface area contributed by atoms with E-state index in [0.29, 0.717) is 34.5 Å². The normalized spacial score (nSPS) is 11.9. The van der Waals surface area contributed by atoms with Crippen LogP contribution >= 0.6 is 0 Å². The second kappa shape index (κ2) is 16.8. The Balaban J connectivity index is 1.24. The second-order valence-corrected chi connectivity index (χ2v) is 10.7. The third kappa shape index (κ3) is 8.69. The minimum absolute atomic E-state index is 0.432. The Morgan fingerprint density at radius 1 is 0.440 bits per heavy atom. The Morgan fingerprint density at radius 3 is 1.16 bits per heavy atom. The highest BCUT2D eigenvalue weighted by atomic mass is 16.5. The van der Waals surface area contributed by atoms with E-state index in [1.807, 2.05) is 158 Å². The van der Waals surface area contributed by atoms with Crippen LogP contribution in [0.15, 0.2) is 188 Å². The van der Waals surface area contributed by atoms with Crippen molar-refractivity contribution in [2.24, 2.45) is 30.7 Å². The van der Waals surface area contributed by atoms with E-state index in [2.05, 4.69) is 41.5 Å². The maximum atomic E-state index is 5.81. The summed E-state index contributed by atoms with van der Waals surface area (Å²) in [5.74, 6) is 2.12. The van der Waals surface area contributed by atoms with Gasteiger partial charge in [0.2, 0.25) is 11.7 Å². The van der Waals surface area contributed by atoms with Crippen LogP contribution in [0.4, 0.5) is 22.7 Å². The molecule has 0 saturated carbocycles. The lowest BCUT2D eigenvalue weighted by Gasteiger charge is -2.15. The lowest BCUT2D eigenvalue weighted by atomic mass is 10.0. The first-order chi connectivity index (χ1) is 24.7. The molecule has 2 N–H and O–H groups in total. The zero-order valence-electron chi connectivity index (χ0n) is 27.5. The van der Waals surface area contributed by atoms with Crippen molar-refractivity contribution < 1.29 is 9.47 Å². The van der Waals surface area contributed by atoms with Crippen LogP contribution in [0.5, 0.6) is 11.5 Å². The van der Waals surface area contributed by atoms with Gasteiger partial charge in [-0.1, -0.05) is 97.1 Å². The molecule has 0 aliphatic heterocycles. The highest BCUT2D eigenvalue weighted by Gasteiger charge is 2.14. The molecule has 0 unspecified atom stereocenters. The summed E-state index contributed by atoms with van der Waals surface area (Å²) in [4.78, 5) is 0. The van der Waals surface area contributed by atoms with Crippen molar-refractivity contribution in [1.29, 1.82) is 0 Å². The average molecular weight is 659 g/mol. The lowest BCUT2D eigenvalue weighted by molar-refractivity contribution is 0.410. The molecule has 0 aliphatic carbocycles. The van der Waals surface area contributed by atoms with E-state index in [4.69, 9.17) is 9.47 Å². The van der Waals surface area contributed by atoms with Crippen LogP contribution in [0, 0.1) is 0 Å². The van der Waals surface area contributed by atoms with Gasteiger partial charge in [-0.25, -0.2) is 0 Å². The summed E-state index contributed by atoms with van der Waals surface area (Å²) in [6.45, 7) is 0. The van der Waals surface area contributed by atoms with Crippen LogP contribution in [-0.4, -0.2) is 25.9 Å². The number of rotatable bonds is 11. The average Bonchev–Trinajstić information content (AvgIpc) is 3.19. The minimum atomic E-state index is 0.432. The number of benzene rings is 6. The molecule has 0 aliphatic rings. The summed E-state index contributed by atoms with van der Waals surface area (Å²) in [5.41, 5.74) is 12.4. The van der Waals surface area contributed by atoms with Gasteiger partial charge >= 0.3 is 0 Å². The maximum absolute atomic E-state index is 5.81. The van der Waals surface area contributed by atoms with Gasteiger partial charge in [0.15, 0.2) is 0 Å². The molecule has 0 bridgehead atoms. The molecule has 6 rings (SSSR count). The first-order valence-electron chi connectivity index (χ1n) is 15.8. The number of azo groups is 2. The summed E-state index contributed by atoms with van der Waals surface area (Å²) >= 11 is 0. The van der Waals surface area contributed by atoms with E-state index < -0.39 is 0 Å².